The summed E-state index contributed by atoms with van der Waals surface area (Å²) in [5.74, 6) is 0. The van der Waals surface area contributed by atoms with Crippen LogP contribution in [0.4, 0.5) is 0 Å². The number of halogens is 1. The van der Waals surface area contributed by atoms with E-state index in [-0.39, 0.29) is 0 Å². The van der Waals surface area contributed by atoms with Gasteiger partial charge >= 0.3 is 0 Å². The van der Waals surface area contributed by atoms with Crippen molar-refractivity contribution in [1.82, 2.24) is 0 Å². The highest BCUT2D eigenvalue weighted by Crippen LogP contribution is 2.17. The fourth-order valence-electron chi connectivity index (χ4n) is 1.86. The smallest absolute Gasteiger partial charge is 0.0175 e. The predicted octanol–water partition coefficient (Wildman–Crippen LogP) is 6.45. The fourth-order valence-corrected chi connectivity index (χ4v) is 2.12. The van der Waals surface area contributed by atoms with Crippen LogP contribution in [0.15, 0.2) is 96.0 Å². The van der Waals surface area contributed by atoms with Gasteiger partial charge in [0.05, 0.1) is 0 Å². The number of benzene rings is 3. The summed E-state index contributed by atoms with van der Waals surface area (Å²) in [4.78, 5) is 0. The summed E-state index contributed by atoms with van der Waals surface area (Å²) in [5, 5.41) is 0. The summed E-state index contributed by atoms with van der Waals surface area (Å²) < 4.78 is 1.10. The van der Waals surface area contributed by atoms with Crippen LogP contribution >= 0.6 is 15.9 Å². The van der Waals surface area contributed by atoms with E-state index in [2.05, 4.69) is 71.0 Å². The number of hydrogen-bond donors (Lipinski definition) is 0. The molecule has 0 atom stereocenters. The van der Waals surface area contributed by atoms with Crippen LogP contribution in [0.3, 0.4) is 0 Å². The van der Waals surface area contributed by atoms with Gasteiger partial charge in [0.15, 0.2) is 0 Å². The van der Waals surface area contributed by atoms with Crippen LogP contribution in [-0.4, -0.2) is 0 Å². The maximum absolute atomic E-state index is 3.65. The molecule has 0 N–H and O–H groups in total. The van der Waals surface area contributed by atoms with Gasteiger partial charge in [-0.15, -0.1) is 0 Å². The zero-order chi connectivity index (χ0) is 14.9. The second-order valence-corrected chi connectivity index (χ2v) is 5.40. The van der Waals surface area contributed by atoms with Crippen molar-refractivity contribution in [2.75, 3.05) is 0 Å². The summed E-state index contributed by atoms with van der Waals surface area (Å²) >= 11 is 3.34. The first-order chi connectivity index (χ1) is 10.3. The lowest BCUT2D eigenvalue weighted by Crippen LogP contribution is -1.73. The van der Waals surface area contributed by atoms with Crippen LogP contribution in [0.2, 0.25) is 0 Å². The minimum absolute atomic E-state index is 1.10. The highest BCUT2D eigenvalue weighted by Gasteiger charge is 1.91. The molecule has 3 aromatic carbocycles. The molecule has 0 radical (unpaired) electrons. The lowest BCUT2D eigenvalue weighted by Gasteiger charge is -1.98. The van der Waals surface area contributed by atoms with E-state index in [1.807, 2.05) is 42.5 Å². The van der Waals surface area contributed by atoms with E-state index in [0.717, 1.165) is 10.0 Å². The Morgan fingerprint density at radius 3 is 1.43 bits per heavy atom. The Morgan fingerprint density at radius 2 is 1.05 bits per heavy atom. The highest BCUT2D eigenvalue weighted by atomic mass is 79.9. The molecule has 0 aliphatic rings. The maximum Gasteiger partial charge on any atom is 0.0175 e. The summed E-state index contributed by atoms with van der Waals surface area (Å²) in [7, 11) is 0. The van der Waals surface area contributed by atoms with Crippen molar-refractivity contribution in [1.29, 1.82) is 0 Å². The molecule has 0 nitrogen and oxygen atoms in total. The molecule has 0 spiro atoms. The van der Waals surface area contributed by atoms with Crippen molar-refractivity contribution in [2.24, 2.45) is 0 Å². The molecule has 0 aliphatic heterocycles. The largest absolute Gasteiger partial charge is 0.0985 e. The second-order valence-electron chi connectivity index (χ2n) is 4.49. The average Bonchev–Trinajstić information content (AvgIpc) is 2.58. The van der Waals surface area contributed by atoms with Gasteiger partial charge in [0.2, 0.25) is 0 Å². The third kappa shape index (κ3) is 5.05. The maximum atomic E-state index is 3.65. The normalized spacial score (nSPS) is 9.38. The zero-order valence-electron chi connectivity index (χ0n) is 11.7. The molecule has 1 heteroatoms. The number of rotatable bonds is 2. The summed E-state index contributed by atoms with van der Waals surface area (Å²) in [6, 6.07) is 28.8. The molecular formula is C20H17Br. The zero-order valence-corrected chi connectivity index (χ0v) is 13.3. The first kappa shape index (κ1) is 15.3. The Morgan fingerprint density at radius 1 is 0.619 bits per heavy atom. The van der Waals surface area contributed by atoms with Crippen molar-refractivity contribution in [3.05, 3.63) is 102 Å². The van der Waals surface area contributed by atoms with Crippen molar-refractivity contribution in [3.63, 3.8) is 0 Å². The molecule has 0 amide bonds. The standard InChI is InChI=1S/C12H10.C8H7Br/c1-3-7-11(8-4-1)12-9-5-2-6-10-12;1-2-7-3-5-8(9)6-4-7/h1-10H;2-6H,1H2. The van der Waals surface area contributed by atoms with Crippen LogP contribution in [0.5, 0.6) is 0 Å². The minimum atomic E-state index is 1.10. The third-order valence-corrected chi connectivity index (χ3v) is 3.52. The molecule has 0 saturated heterocycles. The van der Waals surface area contributed by atoms with Gasteiger partial charge in [0.1, 0.15) is 0 Å². The molecule has 3 aromatic rings. The van der Waals surface area contributed by atoms with E-state index in [1.165, 1.54) is 11.1 Å². The average molecular weight is 337 g/mol. The first-order valence-electron chi connectivity index (χ1n) is 6.78. The number of hydrogen-bond acceptors (Lipinski definition) is 0. The van der Waals surface area contributed by atoms with E-state index in [9.17, 15) is 0 Å². The molecular weight excluding hydrogens is 320 g/mol. The molecule has 0 unspecified atom stereocenters. The molecule has 0 aromatic heterocycles. The predicted molar refractivity (Wildman–Crippen MR) is 96.1 cm³/mol. The Kier molecular flexibility index (Phi) is 5.99. The van der Waals surface area contributed by atoms with Crippen LogP contribution in [0.25, 0.3) is 17.2 Å². The van der Waals surface area contributed by atoms with Crippen molar-refractivity contribution >= 4 is 22.0 Å². The SMILES string of the molecule is C=Cc1ccc(Br)cc1.c1ccc(-c2ccccc2)cc1. The monoisotopic (exact) mass is 336 g/mol. The Labute approximate surface area is 134 Å². The van der Waals surface area contributed by atoms with Crippen LogP contribution in [-0.2, 0) is 0 Å². The quantitative estimate of drug-likeness (QED) is 0.504. The van der Waals surface area contributed by atoms with Crippen LogP contribution in [0.1, 0.15) is 5.56 Å². The van der Waals surface area contributed by atoms with E-state index < -0.39 is 0 Å². The van der Waals surface area contributed by atoms with Gasteiger partial charge in [-0.2, -0.15) is 0 Å². The van der Waals surface area contributed by atoms with E-state index in [4.69, 9.17) is 0 Å². The van der Waals surface area contributed by atoms with E-state index in [0.29, 0.717) is 0 Å². The molecule has 0 aliphatic carbocycles. The van der Waals surface area contributed by atoms with Crippen molar-refractivity contribution < 1.29 is 0 Å². The van der Waals surface area contributed by atoms with Crippen LogP contribution < -0.4 is 0 Å². The van der Waals surface area contributed by atoms with Crippen molar-refractivity contribution in [3.8, 4) is 11.1 Å². The first-order valence-corrected chi connectivity index (χ1v) is 7.57. The van der Waals surface area contributed by atoms with Gasteiger partial charge < -0.3 is 0 Å². The van der Waals surface area contributed by atoms with Crippen LogP contribution in [0, 0.1) is 0 Å². The second kappa shape index (κ2) is 8.23. The molecule has 0 fully saturated rings. The molecule has 21 heavy (non-hydrogen) atoms. The third-order valence-electron chi connectivity index (χ3n) is 2.99. The molecule has 0 heterocycles. The molecule has 3 rings (SSSR count). The topological polar surface area (TPSA) is 0 Å². The Hall–Kier alpha value is -2.12. The summed E-state index contributed by atoms with van der Waals surface area (Å²) in [6.45, 7) is 3.65. The fraction of sp³-hybridized carbons (Fsp3) is 0. The lowest BCUT2D eigenvalue weighted by molar-refractivity contribution is 1.62. The van der Waals surface area contributed by atoms with Gasteiger partial charge in [0.25, 0.3) is 0 Å². The molecule has 0 bridgehead atoms. The van der Waals surface area contributed by atoms with Crippen molar-refractivity contribution in [2.45, 2.75) is 0 Å². The lowest BCUT2D eigenvalue weighted by atomic mass is 10.1. The van der Waals surface area contributed by atoms with Gasteiger partial charge in [-0.1, -0.05) is 101 Å². The van der Waals surface area contributed by atoms with Gasteiger partial charge in [-0.3, -0.25) is 0 Å². The molecule has 104 valence electrons. The van der Waals surface area contributed by atoms with E-state index >= 15 is 0 Å². The molecule has 0 saturated carbocycles. The summed E-state index contributed by atoms with van der Waals surface area (Å²) in [5.41, 5.74) is 3.70. The van der Waals surface area contributed by atoms with Gasteiger partial charge in [-0.25, -0.2) is 0 Å². The van der Waals surface area contributed by atoms with E-state index in [1.54, 1.807) is 0 Å². The Bertz CT molecular complexity index is 618. The summed E-state index contributed by atoms with van der Waals surface area (Å²) in [6.07, 6.45) is 1.83. The van der Waals surface area contributed by atoms with Gasteiger partial charge in [0, 0.05) is 4.47 Å². The van der Waals surface area contributed by atoms with Gasteiger partial charge in [-0.05, 0) is 28.8 Å². The highest BCUT2D eigenvalue weighted by molar-refractivity contribution is 9.10. The minimum Gasteiger partial charge on any atom is -0.0985 e. The Balaban J connectivity index is 0.000000161.